The van der Waals surface area contributed by atoms with E-state index in [2.05, 4.69) is 22.0 Å². The van der Waals surface area contributed by atoms with Gasteiger partial charge in [0.2, 0.25) is 0 Å². The zero-order valence-corrected chi connectivity index (χ0v) is 14.5. The fourth-order valence-corrected chi connectivity index (χ4v) is 2.88. The Morgan fingerprint density at radius 3 is 2.64 bits per heavy atom. The summed E-state index contributed by atoms with van der Waals surface area (Å²) in [4.78, 5) is 6.15. The van der Waals surface area contributed by atoms with Crippen LogP contribution in [0.1, 0.15) is 5.56 Å². The Bertz CT molecular complexity index is 787. The molecule has 4 nitrogen and oxygen atoms in total. The minimum Gasteiger partial charge on any atom is -0.490 e. The van der Waals surface area contributed by atoms with Crippen molar-refractivity contribution in [1.82, 2.24) is 9.88 Å². The molecule has 0 aliphatic rings. The molecule has 0 aliphatic carbocycles. The molecule has 0 bridgehead atoms. The van der Waals surface area contributed by atoms with E-state index in [1.54, 1.807) is 0 Å². The highest BCUT2D eigenvalue weighted by Gasteiger charge is 2.10. The summed E-state index contributed by atoms with van der Waals surface area (Å²) in [6, 6.07) is 18.1. The highest BCUT2D eigenvalue weighted by Crippen LogP contribution is 2.25. The molecule has 1 unspecified atom stereocenters. The van der Waals surface area contributed by atoms with E-state index < -0.39 is 6.10 Å². The van der Waals surface area contributed by atoms with Gasteiger partial charge in [-0.05, 0) is 42.6 Å². The first-order valence-corrected chi connectivity index (χ1v) is 8.58. The van der Waals surface area contributed by atoms with Crippen molar-refractivity contribution in [2.75, 3.05) is 26.7 Å². The summed E-state index contributed by atoms with van der Waals surface area (Å²) in [5.74, 6) is 0.816. The Hall–Kier alpha value is -2.43. The van der Waals surface area contributed by atoms with Gasteiger partial charge in [-0.2, -0.15) is 0 Å². The maximum atomic E-state index is 10.3. The van der Waals surface area contributed by atoms with Gasteiger partial charge >= 0.3 is 0 Å². The largest absolute Gasteiger partial charge is 0.490 e. The van der Waals surface area contributed by atoms with Crippen molar-refractivity contribution in [3.8, 4) is 5.75 Å². The molecule has 1 aromatic heterocycles. The van der Waals surface area contributed by atoms with Gasteiger partial charge < -0.3 is 14.7 Å². The topological polar surface area (TPSA) is 45.6 Å². The van der Waals surface area contributed by atoms with Crippen LogP contribution in [0, 0.1) is 0 Å². The van der Waals surface area contributed by atoms with Gasteiger partial charge in [0, 0.05) is 30.9 Å². The van der Waals surface area contributed by atoms with Gasteiger partial charge in [0.25, 0.3) is 0 Å². The first-order chi connectivity index (χ1) is 12.2. The molecule has 0 aliphatic heterocycles. The highest BCUT2D eigenvalue weighted by molar-refractivity contribution is 5.88. The van der Waals surface area contributed by atoms with Crippen molar-refractivity contribution in [3.63, 3.8) is 0 Å². The second-order valence-corrected chi connectivity index (χ2v) is 6.31. The summed E-state index contributed by atoms with van der Waals surface area (Å²) in [6.45, 7) is 1.75. The number of pyridine rings is 1. The quantitative estimate of drug-likeness (QED) is 0.686. The molecule has 0 amide bonds. The van der Waals surface area contributed by atoms with E-state index >= 15 is 0 Å². The fourth-order valence-electron chi connectivity index (χ4n) is 2.88. The zero-order chi connectivity index (χ0) is 17.5. The molecular weight excluding hydrogens is 312 g/mol. The summed E-state index contributed by atoms with van der Waals surface area (Å²) < 4.78 is 5.86. The van der Waals surface area contributed by atoms with Gasteiger partial charge in [0.05, 0.1) is 0 Å². The van der Waals surface area contributed by atoms with Crippen LogP contribution in [0.5, 0.6) is 5.75 Å². The third-order valence-corrected chi connectivity index (χ3v) is 4.23. The average Bonchev–Trinajstić information content (AvgIpc) is 2.65. The number of aliphatic hydroxyl groups excluding tert-OH is 1. The Morgan fingerprint density at radius 2 is 1.80 bits per heavy atom. The standard InChI is InChI=1S/C21H24N2O2/c1-23(14-11-17-9-12-22-13-10-17)15-19(24)16-25-21-8-4-6-18-5-2-3-7-20(18)21/h2-10,12-13,19,24H,11,14-16H2,1H3. The molecule has 0 fully saturated rings. The number of fused-ring (bicyclic) bond motifs is 1. The van der Waals surface area contributed by atoms with Crippen LogP contribution in [0.3, 0.4) is 0 Å². The molecule has 1 heterocycles. The molecular formula is C21H24N2O2. The Morgan fingerprint density at radius 1 is 1.04 bits per heavy atom. The number of aliphatic hydroxyl groups is 1. The van der Waals surface area contributed by atoms with E-state index in [0.29, 0.717) is 6.54 Å². The maximum Gasteiger partial charge on any atom is 0.127 e. The van der Waals surface area contributed by atoms with Gasteiger partial charge in [0.1, 0.15) is 18.5 Å². The zero-order valence-electron chi connectivity index (χ0n) is 14.5. The van der Waals surface area contributed by atoms with E-state index in [9.17, 15) is 5.11 Å². The van der Waals surface area contributed by atoms with Crippen LogP contribution in [0.4, 0.5) is 0 Å². The van der Waals surface area contributed by atoms with E-state index in [0.717, 1.165) is 29.5 Å². The van der Waals surface area contributed by atoms with Crippen LogP contribution >= 0.6 is 0 Å². The molecule has 0 saturated heterocycles. The van der Waals surface area contributed by atoms with Gasteiger partial charge in [-0.1, -0.05) is 36.4 Å². The van der Waals surface area contributed by atoms with Crippen LogP contribution in [-0.4, -0.2) is 47.8 Å². The third kappa shape index (κ3) is 5.02. The predicted octanol–water partition coefficient (Wildman–Crippen LogP) is 3.15. The van der Waals surface area contributed by atoms with Crippen LogP contribution in [-0.2, 0) is 6.42 Å². The second kappa shape index (κ2) is 8.60. The van der Waals surface area contributed by atoms with Crippen molar-refractivity contribution in [1.29, 1.82) is 0 Å². The SMILES string of the molecule is CN(CCc1ccncc1)CC(O)COc1cccc2ccccc12. The first-order valence-electron chi connectivity index (χ1n) is 8.58. The number of rotatable bonds is 8. The highest BCUT2D eigenvalue weighted by atomic mass is 16.5. The molecule has 1 atom stereocenters. The number of ether oxygens (including phenoxy) is 1. The smallest absolute Gasteiger partial charge is 0.127 e. The Balaban J connectivity index is 1.48. The Kier molecular flexibility index (Phi) is 5.99. The van der Waals surface area contributed by atoms with Crippen LogP contribution in [0.15, 0.2) is 67.0 Å². The second-order valence-electron chi connectivity index (χ2n) is 6.31. The first kappa shape index (κ1) is 17.4. The van der Waals surface area contributed by atoms with Crippen molar-refractivity contribution >= 4 is 10.8 Å². The molecule has 2 aromatic carbocycles. The normalized spacial score (nSPS) is 12.4. The number of benzene rings is 2. The molecule has 3 rings (SSSR count). The van der Waals surface area contributed by atoms with Gasteiger partial charge in [0.15, 0.2) is 0 Å². The maximum absolute atomic E-state index is 10.3. The summed E-state index contributed by atoms with van der Waals surface area (Å²) >= 11 is 0. The number of hydrogen-bond acceptors (Lipinski definition) is 4. The lowest BCUT2D eigenvalue weighted by atomic mass is 10.1. The summed E-state index contributed by atoms with van der Waals surface area (Å²) in [7, 11) is 2.02. The number of aromatic nitrogens is 1. The minimum atomic E-state index is -0.526. The molecule has 25 heavy (non-hydrogen) atoms. The molecule has 130 valence electrons. The van der Waals surface area contributed by atoms with E-state index in [4.69, 9.17) is 4.74 Å². The molecule has 0 spiro atoms. The monoisotopic (exact) mass is 336 g/mol. The number of likely N-dealkylation sites (N-methyl/N-ethyl adjacent to an activating group) is 1. The van der Waals surface area contributed by atoms with E-state index in [-0.39, 0.29) is 6.61 Å². The average molecular weight is 336 g/mol. The Labute approximate surface area is 148 Å². The molecule has 0 saturated carbocycles. The van der Waals surface area contributed by atoms with E-state index in [1.165, 1.54) is 5.56 Å². The summed E-state index contributed by atoms with van der Waals surface area (Å²) in [6.07, 6.45) is 4.03. The molecule has 4 heteroatoms. The van der Waals surface area contributed by atoms with Crippen LogP contribution < -0.4 is 4.74 Å². The lowest BCUT2D eigenvalue weighted by Gasteiger charge is -2.21. The fraction of sp³-hybridized carbons (Fsp3) is 0.286. The van der Waals surface area contributed by atoms with Gasteiger partial charge in [-0.15, -0.1) is 0 Å². The number of hydrogen-bond donors (Lipinski definition) is 1. The summed E-state index contributed by atoms with van der Waals surface area (Å²) in [5.41, 5.74) is 1.25. The lowest BCUT2D eigenvalue weighted by Crippen LogP contribution is -2.34. The van der Waals surface area contributed by atoms with Crippen LogP contribution in [0.2, 0.25) is 0 Å². The van der Waals surface area contributed by atoms with Crippen LogP contribution in [0.25, 0.3) is 10.8 Å². The lowest BCUT2D eigenvalue weighted by molar-refractivity contribution is 0.0773. The molecule has 3 aromatic rings. The number of nitrogens with zero attached hydrogens (tertiary/aromatic N) is 2. The molecule has 0 radical (unpaired) electrons. The minimum absolute atomic E-state index is 0.285. The van der Waals surface area contributed by atoms with Gasteiger partial charge in [-0.3, -0.25) is 4.98 Å². The molecule has 1 N–H and O–H groups in total. The van der Waals surface area contributed by atoms with Crippen molar-refractivity contribution in [3.05, 3.63) is 72.6 Å². The third-order valence-electron chi connectivity index (χ3n) is 4.23. The van der Waals surface area contributed by atoms with E-state index in [1.807, 2.05) is 61.9 Å². The van der Waals surface area contributed by atoms with Crippen molar-refractivity contribution in [2.45, 2.75) is 12.5 Å². The van der Waals surface area contributed by atoms with Gasteiger partial charge in [-0.25, -0.2) is 0 Å². The summed E-state index contributed by atoms with van der Waals surface area (Å²) in [5, 5.41) is 12.5. The van der Waals surface area contributed by atoms with Crippen molar-refractivity contribution < 1.29 is 9.84 Å². The predicted molar refractivity (Wildman–Crippen MR) is 101 cm³/mol. The van der Waals surface area contributed by atoms with Crippen molar-refractivity contribution in [2.24, 2.45) is 0 Å².